The molecule has 2 nitrogen and oxygen atoms in total. The Morgan fingerprint density at radius 1 is 1.08 bits per heavy atom. The van der Waals surface area contributed by atoms with E-state index in [4.69, 9.17) is 0 Å². The van der Waals surface area contributed by atoms with Crippen LogP contribution < -0.4 is 0 Å². The quantitative estimate of drug-likeness (QED) is 0.693. The van der Waals surface area contributed by atoms with Gasteiger partial charge in [0.05, 0.1) is 6.10 Å². The molecule has 0 heterocycles. The topological polar surface area (TPSA) is 23.5 Å². The third-order valence-electron chi connectivity index (χ3n) is 3.83. The number of aliphatic hydroxyl groups excluding tert-OH is 1. The maximum absolute atomic E-state index is 13.9. The maximum atomic E-state index is 13.9. The largest absolute Gasteiger partial charge is 0.392 e. The van der Waals surface area contributed by atoms with Crippen LogP contribution in [0, 0.1) is 11.6 Å². The summed E-state index contributed by atoms with van der Waals surface area (Å²) in [6, 6.07) is 13.4. The van der Waals surface area contributed by atoms with Crippen molar-refractivity contribution < 1.29 is 13.9 Å². The van der Waals surface area contributed by atoms with Crippen molar-refractivity contribution in [3.05, 3.63) is 83.9 Å². The van der Waals surface area contributed by atoms with E-state index in [9.17, 15) is 13.9 Å². The van der Waals surface area contributed by atoms with Crippen LogP contribution in [-0.4, -0.2) is 22.7 Å². The first-order valence-corrected chi connectivity index (χ1v) is 8.07. The molecule has 0 aliphatic heterocycles. The van der Waals surface area contributed by atoms with Gasteiger partial charge < -0.3 is 5.11 Å². The summed E-state index contributed by atoms with van der Waals surface area (Å²) in [6.07, 6.45) is 2.59. The van der Waals surface area contributed by atoms with Crippen LogP contribution in [0.3, 0.4) is 0 Å². The van der Waals surface area contributed by atoms with E-state index in [2.05, 4.69) is 6.58 Å². The molecule has 0 radical (unpaired) electrons. The molecule has 128 valence electrons. The lowest BCUT2D eigenvalue weighted by Crippen LogP contribution is -2.32. The van der Waals surface area contributed by atoms with E-state index in [-0.39, 0.29) is 0 Å². The predicted molar refractivity (Wildman–Crippen MR) is 92.4 cm³/mol. The SMILES string of the molecule is C=CCCC(O)CN(Cc1ccccc1)Cc1ccc(F)cc1F. The van der Waals surface area contributed by atoms with Crippen LogP contribution >= 0.6 is 0 Å². The van der Waals surface area contributed by atoms with Crippen molar-refractivity contribution in [1.82, 2.24) is 4.90 Å². The molecule has 0 aromatic heterocycles. The van der Waals surface area contributed by atoms with Crippen LogP contribution in [0.5, 0.6) is 0 Å². The molecule has 1 unspecified atom stereocenters. The number of benzene rings is 2. The standard InChI is InChI=1S/C20H23F2NO/c1-2-3-9-19(24)15-23(13-16-7-5-4-6-8-16)14-17-10-11-18(21)12-20(17)22/h2,4-8,10-12,19,24H,1,3,9,13-15H2. The molecule has 0 aliphatic carbocycles. The van der Waals surface area contributed by atoms with Gasteiger partial charge in [-0.05, 0) is 24.5 Å². The molecule has 0 aliphatic rings. The van der Waals surface area contributed by atoms with E-state index in [0.717, 1.165) is 18.1 Å². The Morgan fingerprint density at radius 2 is 1.83 bits per heavy atom. The fourth-order valence-electron chi connectivity index (χ4n) is 2.62. The molecule has 0 bridgehead atoms. The number of aliphatic hydroxyl groups is 1. The summed E-state index contributed by atoms with van der Waals surface area (Å²) in [6.45, 7) is 4.97. The zero-order valence-corrected chi connectivity index (χ0v) is 13.7. The van der Waals surface area contributed by atoms with Crippen LogP contribution in [-0.2, 0) is 13.1 Å². The van der Waals surface area contributed by atoms with E-state index < -0.39 is 17.7 Å². The molecule has 2 aromatic rings. The normalized spacial score (nSPS) is 12.3. The lowest BCUT2D eigenvalue weighted by Gasteiger charge is -2.25. The summed E-state index contributed by atoms with van der Waals surface area (Å²) < 4.78 is 27.0. The Morgan fingerprint density at radius 3 is 2.50 bits per heavy atom. The molecular formula is C20H23F2NO. The van der Waals surface area contributed by atoms with Gasteiger partial charge in [-0.25, -0.2) is 8.78 Å². The minimum atomic E-state index is -0.586. The van der Waals surface area contributed by atoms with E-state index in [1.165, 1.54) is 12.1 Å². The summed E-state index contributed by atoms with van der Waals surface area (Å²) in [5, 5.41) is 10.2. The average Bonchev–Trinajstić information content (AvgIpc) is 2.56. The van der Waals surface area contributed by atoms with Gasteiger partial charge in [-0.1, -0.05) is 42.5 Å². The predicted octanol–water partition coefficient (Wildman–Crippen LogP) is 4.29. The van der Waals surface area contributed by atoms with Gasteiger partial charge in [-0.15, -0.1) is 6.58 Å². The number of halogens is 2. The van der Waals surface area contributed by atoms with Crippen molar-refractivity contribution >= 4 is 0 Å². The highest BCUT2D eigenvalue weighted by atomic mass is 19.1. The summed E-state index contributed by atoms with van der Waals surface area (Å²) in [5.41, 5.74) is 1.50. The van der Waals surface area contributed by atoms with Crippen LogP contribution in [0.15, 0.2) is 61.2 Å². The first kappa shape index (κ1) is 18.3. The zero-order valence-electron chi connectivity index (χ0n) is 13.7. The van der Waals surface area contributed by atoms with E-state index >= 15 is 0 Å². The Bertz CT molecular complexity index is 645. The smallest absolute Gasteiger partial charge is 0.130 e. The van der Waals surface area contributed by atoms with E-state index in [1.807, 2.05) is 35.2 Å². The van der Waals surface area contributed by atoms with Gasteiger partial charge >= 0.3 is 0 Å². The van der Waals surface area contributed by atoms with Gasteiger partial charge in [0.25, 0.3) is 0 Å². The highest BCUT2D eigenvalue weighted by Gasteiger charge is 2.15. The minimum absolute atomic E-state index is 0.312. The average molecular weight is 331 g/mol. The van der Waals surface area contributed by atoms with Crippen molar-refractivity contribution in [1.29, 1.82) is 0 Å². The van der Waals surface area contributed by atoms with Gasteiger partial charge in [0.2, 0.25) is 0 Å². The fraction of sp³-hybridized carbons (Fsp3) is 0.300. The molecule has 0 amide bonds. The molecule has 0 saturated carbocycles. The van der Waals surface area contributed by atoms with Gasteiger partial charge in [0.1, 0.15) is 11.6 Å². The number of allylic oxidation sites excluding steroid dienone is 1. The Hall–Kier alpha value is -2.04. The molecule has 0 spiro atoms. The second-order valence-corrected chi connectivity index (χ2v) is 5.91. The Kier molecular flexibility index (Phi) is 7.09. The summed E-state index contributed by atoms with van der Waals surface area (Å²) in [7, 11) is 0. The Balaban J connectivity index is 2.10. The summed E-state index contributed by atoms with van der Waals surface area (Å²) in [4.78, 5) is 1.97. The number of hydrogen-bond donors (Lipinski definition) is 1. The van der Waals surface area contributed by atoms with Crippen molar-refractivity contribution in [3.8, 4) is 0 Å². The van der Waals surface area contributed by atoms with Crippen LogP contribution in [0.2, 0.25) is 0 Å². The van der Waals surface area contributed by atoms with Crippen LogP contribution in [0.25, 0.3) is 0 Å². The molecule has 2 rings (SSSR count). The molecule has 1 N–H and O–H groups in total. The molecular weight excluding hydrogens is 308 g/mol. The third-order valence-corrected chi connectivity index (χ3v) is 3.83. The molecule has 0 saturated heterocycles. The highest BCUT2D eigenvalue weighted by Crippen LogP contribution is 2.15. The van der Waals surface area contributed by atoms with Crippen molar-refractivity contribution in [2.24, 2.45) is 0 Å². The molecule has 0 fully saturated rings. The van der Waals surface area contributed by atoms with Gasteiger partial charge in [-0.2, -0.15) is 0 Å². The Labute approximate surface area is 142 Å². The molecule has 1 atom stereocenters. The third kappa shape index (κ3) is 5.87. The molecule has 2 aromatic carbocycles. The lowest BCUT2D eigenvalue weighted by molar-refractivity contribution is 0.0977. The van der Waals surface area contributed by atoms with Gasteiger partial charge in [0.15, 0.2) is 0 Å². The molecule has 24 heavy (non-hydrogen) atoms. The van der Waals surface area contributed by atoms with E-state index in [0.29, 0.717) is 31.6 Å². The molecule has 4 heteroatoms. The minimum Gasteiger partial charge on any atom is -0.392 e. The number of nitrogens with zero attached hydrogens (tertiary/aromatic N) is 1. The van der Waals surface area contributed by atoms with Gasteiger partial charge in [-0.3, -0.25) is 4.90 Å². The van der Waals surface area contributed by atoms with Crippen LogP contribution in [0.4, 0.5) is 8.78 Å². The van der Waals surface area contributed by atoms with Crippen LogP contribution in [0.1, 0.15) is 24.0 Å². The fourth-order valence-corrected chi connectivity index (χ4v) is 2.62. The zero-order chi connectivity index (χ0) is 17.4. The number of hydrogen-bond acceptors (Lipinski definition) is 2. The summed E-state index contributed by atoms with van der Waals surface area (Å²) >= 11 is 0. The highest BCUT2D eigenvalue weighted by molar-refractivity contribution is 5.19. The second kappa shape index (κ2) is 9.30. The second-order valence-electron chi connectivity index (χ2n) is 5.91. The maximum Gasteiger partial charge on any atom is 0.130 e. The lowest BCUT2D eigenvalue weighted by atomic mass is 10.1. The van der Waals surface area contributed by atoms with Crippen molar-refractivity contribution in [2.45, 2.75) is 32.0 Å². The summed E-state index contributed by atoms with van der Waals surface area (Å²) in [5.74, 6) is -1.15. The number of rotatable bonds is 9. The van der Waals surface area contributed by atoms with Gasteiger partial charge in [0, 0.05) is 31.3 Å². The van der Waals surface area contributed by atoms with Crippen molar-refractivity contribution in [3.63, 3.8) is 0 Å². The monoisotopic (exact) mass is 331 g/mol. The van der Waals surface area contributed by atoms with E-state index in [1.54, 1.807) is 6.08 Å². The van der Waals surface area contributed by atoms with Crippen molar-refractivity contribution in [2.75, 3.05) is 6.54 Å². The first-order valence-electron chi connectivity index (χ1n) is 8.07. The first-order chi connectivity index (χ1) is 11.6.